The number of amides is 1. The van der Waals surface area contributed by atoms with Crippen LogP contribution in [0.3, 0.4) is 0 Å². The Morgan fingerprint density at radius 3 is 2.72 bits per heavy atom. The molecule has 0 aliphatic carbocycles. The van der Waals surface area contributed by atoms with Gasteiger partial charge in [-0.15, -0.1) is 0 Å². The normalized spacial score (nSPS) is 18.3. The first-order chi connectivity index (χ1) is 13.6. The zero-order chi connectivity index (χ0) is 21.6. The number of aliphatic hydroxyl groups is 1. The fourth-order valence-electron chi connectivity index (χ4n) is 2.77. The molecular formula is C21H29NO7. The largest absolute Gasteiger partial charge is 0.462 e. The lowest BCUT2D eigenvalue weighted by atomic mass is 10.1. The molecule has 1 aliphatic heterocycles. The number of esters is 2. The summed E-state index contributed by atoms with van der Waals surface area (Å²) >= 11 is 0. The number of unbranched alkanes of at least 4 members (excludes halogenated alkanes) is 1. The average molecular weight is 407 g/mol. The Bertz CT molecular complexity index is 741. The van der Waals surface area contributed by atoms with Gasteiger partial charge in [-0.25, -0.2) is 9.59 Å². The number of ether oxygens (including phenoxy) is 3. The van der Waals surface area contributed by atoms with Gasteiger partial charge in [-0.1, -0.05) is 19.4 Å². The summed E-state index contributed by atoms with van der Waals surface area (Å²) in [5, 5.41) is 10.3. The summed E-state index contributed by atoms with van der Waals surface area (Å²) in [6.07, 6.45) is -1.43. The van der Waals surface area contributed by atoms with Crippen molar-refractivity contribution in [2.24, 2.45) is 0 Å². The van der Waals surface area contributed by atoms with Crippen molar-refractivity contribution in [2.45, 2.75) is 58.3 Å². The molecule has 1 amide bonds. The molecule has 0 bridgehead atoms. The van der Waals surface area contributed by atoms with Gasteiger partial charge in [-0.2, -0.15) is 0 Å². The zero-order valence-corrected chi connectivity index (χ0v) is 17.3. The second kappa shape index (κ2) is 9.84. The van der Waals surface area contributed by atoms with Gasteiger partial charge in [0.05, 0.1) is 18.8 Å². The first kappa shape index (κ1) is 22.8. The highest BCUT2D eigenvalue weighted by Crippen LogP contribution is 2.23. The molecule has 1 fully saturated rings. The number of hydrogen-bond donors (Lipinski definition) is 1. The minimum Gasteiger partial charge on any atom is -0.462 e. The molecule has 8 nitrogen and oxygen atoms in total. The van der Waals surface area contributed by atoms with Crippen LogP contribution in [0.4, 0.5) is 5.69 Å². The van der Waals surface area contributed by atoms with E-state index in [2.05, 4.69) is 0 Å². The Morgan fingerprint density at radius 1 is 1.34 bits per heavy atom. The van der Waals surface area contributed by atoms with E-state index in [1.54, 1.807) is 45.0 Å². The molecule has 1 aromatic rings. The third-order valence-electron chi connectivity index (χ3n) is 4.18. The molecule has 1 saturated heterocycles. The van der Waals surface area contributed by atoms with Crippen molar-refractivity contribution in [1.82, 2.24) is 0 Å². The molecule has 1 aromatic carbocycles. The molecule has 0 radical (unpaired) electrons. The van der Waals surface area contributed by atoms with Crippen molar-refractivity contribution in [3.63, 3.8) is 0 Å². The predicted molar refractivity (Wildman–Crippen MR) is 106 cm³/mol. The predicted octanol–water partition coefficient (Wildman–Crippen LogP) is 2.08. The average Bonchev–Trinajstić information content (AvgIpc) is 2.66. The lowest BCUT2D eigenvalue weighted by Gasteiger charge is -2.34. The van der Waals surface area contributed by atoms with Crippen LogP contribution in [0.1, 0.15) is 50.9 Å². The van der Waals surface area contributed by atoms with Crippen molar-refractivity contribution in [3.8, 4) is 0 Å². The minimum atomic E-state index is -1.74. The number of carbonyl (C=O) groups is 3. The number of benzene rings is 1. The van der Waals surface area contributed by atoms with E-state index in [9.17, 15) is 19.5 Å². The van der Waals surface area contributed by atoms with E-state index in [4.69, 9.17) is 14.2 Å². The van der Waals surface area contributed by atoms with Gasteiger partial charge >= 0.3 is 11.9 Å². The summed E-state index contributed by atoms with van der Waals surface area (Å²) < 4.78 is 15.7. The van der Waals surface area contributed by atoms with Crippen molar-refractivity contribution in [1.29, 1.82) is 0 Å². The van der Waals surface area contributed by atoms with Gasteiger partial charge in [-0.3, -0.25) is 4.79 Å². The van der Waals surface area contributed by atoms with Gasteiger partial charge in [0.25, 0.3) is 5.91 Å². The van der Waals surface area contributed by atoms with Gasteiger partial charge in [-0.05, 0) is 45.4 Å². The number of nitrogens with zero attached hydrogens (tertiary/aromatic N) is 1. The monoisotopic (exact) mass is 407 g/mol. The fourth-order valence-corrected chi connectivity index (χ4v) is 2.77. The molecule has 8 heteroatoms. The molecule has 1 N–H and O–H groups in total. The summed E-state index contributed by atoms with van der Waals surface area (Å²) in [4.78, 5) is 38.5. The van der Waals surface area contributed by atoms with Crippen LogP contribution < -0.4 is 4.90 Å². The molecule has 2 atom stereocenters. The van der Waals surface area contributed by atoms with E-state index in [-0.39, 0.29) is 13.2 Å². The first-order valence-electron chi connectivity index (χ1n) is 9.75. The van der Waals surface area contributed by atoms with Crippen LogP contribution in [0.2, 0.25) is 0 Å². The highest BCUT2D eigenvalue weighted by Gasteiger charge is 2.41. The number of aliphatic hydroxyl groups excluding tert-OH is 1. The summed E-state index contributed by atoms with van der Waals surface area (Å²) in [7, 11) is 0. The van der Waals surface area contributed by atoms with E-state index in [1.165, 1.54) is 4.90 Å². The van der Waals surface area contributed by atoms with Crippen LogP contribution in [0.25, 0.3) is 0 Å². The second-order valence-electron chi connectivity index (χ2n) is 7.80. The van der Waals surface area contributed by atoms with Crippen LogP contribution in [-0.2, 0) is 23.8 Å². The zero-order valence-electron chi connectivity index (χ0n) is 17.3. The quantitative estimate of drug-likeness (QED) is 0.545. The van der Waals surface area contributed by atoms with Crippen LogP contribution in [-0.4, -0.2) is 60.5 Å². The Hall–Kier alpha value is -2.45. The smallest absolute Gasteiger partial charge is 0.338 e. The Balaban J connectivity index is 2.13. The summed E-state index contributed by atoms with van der Waals surface area (Å²) in [6, 6.07) is 6.47. The summed E-state index contributed by atoms with van der Waals surface area (Å²) in [5.41, 5.74) is -0.0196. The highest BCUT2D eigenvalue weighted by atomic mass is 16.6. The molecule has 1 aliphatic rings. The van der Waals surface area contributed by atoms with Crippen molar-refractivity contribution in [3.05, 3.63) is 29.8 Å². The van der Waals surface area contributed by atoms with E-state index in [1.807, 2.05) is 6.92 Å². The topological polar surface area (TPSA) is 102 Å². The van der Waals surface area contributed by atoms with Gasteiger partial charge in [0, 0.05) is 12.2 Å². The molecule has 0 saturated carbocycles. The van der Waals surface area contributed by atoms with E-state index in [0.29, 0.717) is 17.9 Å². The number of rotatable bonds is 7. The van der Waals surface area contributed by atoms with Gasteiger partial charge < -0.3 is 24.2 Å². The van der Waals surface area contributed by atoms with Crippen LogP contribution in [0, 0.1) is 0 Å². The summed E-state index contributed by atoms with van der Waals surface area (Å²) in [6.45, 7) is 7.68. The van der Waals surface area contributed by atoms with Crippen molar-refractivity contribution < 1.29 is 33.7 Å². The van der Waals surface area contributed by atoms with E-state index < -0.39 is 35.7 Å². The summed E-state index contributed by atoms with van der Waals surface area (Å²) in [5.74, 6) is -1.97. The molecular weight excluding hydrogens is 378 g/mol. The van der Waals surface area contributed by atoms with Crippen molar-refractivity contribution >= 4 is 23.5 Å². The second-order valence-corrected chi connectivity index (χ2v) is 7.80. The third-order valence-corrected chi connectivity index (χ3v) is 4.18. The van der Waals surface area contributed by atoms with E-state index >= 15 is 0 Å². The van der Waals surface area contributed by atoms with E-state index in [0.717, 1.165) is 12.8 Å². The van der Waals surface area contributed by atoms with Crippen LogP contribution >= 0.6 is 0 Å². The fraction of sp³-hybridized carbons (Fsp3) is 0.571. The number of hydrogen-bond acceptors (Lipinski definition) is 7. The molecule has 0 spiro atoms. The standard InChI is InChI=1S/C21H29NO7/c1-5-6-11-28-19(25)14-8-7-9-15(13-14)22-10-12-27-17(18(22)24)16(23)20(26)29-21(2,3)4/h7-9,13,16-17,23H,5-6,10-12H2,1-4H3/t16-,17-/m1/s1. The maximum absolute atomic E-state index is 12.8. The lowest BCUT2D eigenvalue weighted by Crippen LogP contribution is -2.55. The molecule has 0 aromatic heterocycles. The minimum absolute atomic E-state index is 0.126. The molecule has 29 heavy (non-hydrogen) atoms. The lowest BCUT2D eigenvalue weighted by molar-refractivity contribution is -0.177. The SMILES string of the molecule is CCCCOC(=O)c1cccc(N2CCO[C@H]([C@@H](O)C(=O)OC(C)(C)C)C2=O)c1. The number of anilines is 1. The Morgan fingerprint density at radius 2 is 2.07 bits per heavy atom. The maximum Gasteiger partial charge on any atom is 0.338 e. The molecule has 1 heterocycles. The maximum atomic E-state index is 12.8. The van der Waals surface area contributed by atoms with Crippen LogP contribution in [0.5, 0.6) is 0 Å². The Kier molecular flexibility index (Phi) is 7.75. The molecule has 160 valence electrons. The van der Waals surface area contributed by atoms with Gasteiger partial charge in [0.15, 0.2) is 12.2 Å². The molecule has 2 rings (SSSR count). The number of morpholine rings is 1. The van der Waals surface area contributed by atoms with Crippen LogP contribution in [0.15, 0.2) is 24.3 Å². The third kappa shape index (κ3) is 6.27. The number of carbonyl (C=O) groups excluding carboxylic acids is 3. The van der Waals surface area contributed by atoms with Crippen molar-refractivity contribution in [2.75, 3.05) is 24.7 Å². The first-order valence-corrected chi connectivity index (χ1v) is 9.75. The van der Waals surface area contributed by atoms with Gasteiger partial charge in [0.2, 0.25) is 0 Å². The highest BCUT2D eigenvalue weighted by molar-refractivity contribution is 6.01. The molecule has 0 unspecified atom stereocenters. The van der Waals surface area contributed by atoms with Gasteiger partial charge in [0.1, 0.15) is 5.60 Å². The Labute approximate surface area is 170 Å².